The predicted octanol–water partition coefficient (Wildman–Crippen LogP) is 2.88. The fraction of sp³-hybridized carbons (Fsp3) is 0.647. The maximum Gasteiger partial charge on any atom is 0.418 e. The first-order valence-corrected chi connectivity index (χ1v) is 8.89. The second-order valence-corrected chi connectivity index (χ2v) is 7.98. The van der Waals surface area contributed by atoms with Gasteiger partial charge in [-0.25, -0.2) is 14.5 Å². The summed E-state index contributed by atoms with van der Waals surface area (Å²) in [6, 6.07) is 1.37. The maximum absolute atomic E-state index is 12.5. The van der Waals surface area contributed by atoms with Gasteiger partial charge in [0.2, 0.25) is 0 Å². The molecule has 1 aromatic heterocycles. The third-order valence-corrected chi connectivity index (χ3v) is 4.32. The lowest BCUT2D eigenvalue weighted by molar-refractivity contribution is 0.0663. The van der Waals surface area contributed by atoms with Crippen LogP contribution >= 0.6 is 11.6 Å². The van der Waals surface area contributed by atoms with Gasteiger partial charge in [0.1, 0.15) is 0 Å². The molecule has 0 spiro atoms. The van der Waals surface area contributed by atoms with Crippen molar-refractivity contribution in [2.45, 2.75) is 32.7 Å². The van der Waals surface area contributed by atoms with Crippen molar-refractivity contribution in [3.05, 3.63) is 17.4 Å². The molecule has 144 valence electrons. The number of carbonyl (C=O) groups is 2. The summed E-state index contributed by atoms with van der Waals surface area (Å²) in [6.07, 6.45) is 1.92. The molecule has 9 heteroatoms. The largest absolute Gasteiger partial charge is 0.449 e. The monoisotopic (exact) mass is 383 g/mol. The number of hydrogen-bond donors (Lipinski definition) is 0. The molecule has 0 saturated carbocycles. The predicted molar refractivity (Wildman–Crippen MR) is 99.4 cm³/mol. The van der Waals surface area contributed by atoms with Gasteiger partial charge in [0.15, 0.2) is 5.15 Å². The Kier molecular flexibility index (Phi) is 6.28. The fourth-order valence-corrected chi connectivity index (χ4v) is 2.96. The van der Waals surface area contributed by atoms with Gasteiger partial charge < -0.3 is 14.5 Å². The first-order chi connectivity index (χ1) is 12.1. The van der Waals surface area contributed by atoms with Crippen LogP contribution in [0.4, 0.5) is 15.3 Å². The number of carbonyl (C=O) groups excluding carboxylic acids is 2. The van der Waals surface area contributed by atoms with Gasteiger partial charge >= 0.3 is 12.1 Å². The molecule has 2 rings (SSSR count). The summed E-state index contributed by atoms with van der Waals surface area (Å²) in [6.45, 7) is 7.21. The molecule has 0 aromatic carbocycles. The number of nitrogens with zero attached hydrogens (tertiary/aromatic N) is 5. The normalized spacial score (nSPS) is 17.2. The van der Waals surface area contributed by atoms with Crippen molar-refractivity contribution in [2.24, 2.45) is 5.92 Å². The van der Waals surface area contributed by atoms with Crippen LogP contribution in [0.2, 0.25) is 5.15 Å². The molecule has 0 aliphatic carbocycles. The summed E-state index contributed by atoms with van der Waals surface area (Å²) in [5.74, 6) is 0.183. The van der Waals surface area contributed by atoms with Crippen molar-refractivity contribution in [3.63, 3.8) is 0 Å². The Bertz CT molecular complexity index is 662. The quantitative estimate of drug-likeness (QED) is 0.798. The maximum atomic E-state index is 12.5. The second-order valence-electron chi connectivity index (χ2n) is 7.60. The van der Waals surface area contributed by atoms with Gasteiger partial charge in [-0.1, -0.05) is 11.6 Å². The van der Waals surface area contributed by atoms with E-state index in [2.05, 4.69) is 15.1 Å². The van der Waals surface area contributed by atoms with Crippen LogP contribution in [0.25, 0.3) is 0 Å². The van der Waals surface area contributed by atoms with Gasteiger partial charge in [0.25, 0.3) is 0 Å². The Morgan fingerprint density at radius 2 is 2.08 bits per heavy atom. The van der Waals surface area contributed by atoms with Crippen LogP contribution in [-0.2, 0) is 4.74 Å². The summed E-state index contributed by atoms with van der Waals surface area (Å²) in [5, 5.41) is 7.94. The summed E-state index contributed by atoms with van der Waals surface area (Å²) in [4.78, 5) is 29.4. The summed E-state index contributed by atoms with van der Waals surface area (Å²) >= 11 is 5.88. The zero-order chi connectivity index (χ0) is 19.5. The van der Waals surface area contributed by atoms with E-state index in [0.717, 1.165) is 30.1 Å². The van der Waals surface area contributed by atoms with E-state index in [9.17, 15) is 9.59 Å². The van der Waals surface area contributed by atoms with Crippen molar-refractivity contribution in [2.75, 3.05) is 38.7 Å². The molecule has 0 bridgehead atoms. The van der Waals surface area contributed by atoms with E-state index in [-0.39, 0.29) is 12.5 Å². The van der Waals surface area contributed by atoms with Crippen LogP contribution in [0, 0.1) is 5.92 Å². The van der Waals surface area contributed by atoms with E-state index < -0.39 is 17.7 Å². The van der Waals surface area contributed by atoms with E-state index >= 15 is 0 Å². The van der Waals surface area contributed by atoms with Crippen LogP contribution in [0.5, 0.6) is 0 Å². The minimum absolute atomic E-state index is 0.183. The highest BCUT2D eigenvalue weighted by Crippen LogP contribution is 2.25. The van der Waals surface area contributed by atoms with Crippen molar-refractivity contribution in [3.8, 4) is 0 Å². The number of halogens is 1. The molecule has 2 heterocycles. The van der Waals surface area contributed by atoms with Gasteiger partial charge in [-0.15, -0.1) is 5.10 Å². The number of ether oxygens (including phenoxy) is 1. The zero-order valence-electron chi connectivity index (χ0n) is 15.9. The molecule has 1 saturated heterocycles. The first kappa shape index (κ1) is 20.2. The zero-order valence-corrected chi connectivity index (χ0v) is 16.7. The highest BCUT2D eigenvalue weighted by molar-refractivity contribution is 6.29. The first-order valence-electron chi connectivity index (χ1n) is 8.51. The molecule has 1 fully saturated rings. The van der Waals surface area contributed by atoms with E-state index in [1.54, 1.807) is 47.1 Å². The molecule has 8 nitrogen and oxygen atoms in total. The second kappa shape index (κ2) is 8.07. The highest BCUT2D eigenvalue weighted by Gasteiger charge is 2.35. The van der Waals surface area contributed by atoms with Crippen molar-refractivity contribution >= 4 is 29.4 Å². The molecule has 26 heavy (non-hydrogen) atoms. The van der Waals surface area contributed by atoms with Crippen LogP contribution in [0.15, 0.2) is 12.3 Å². The number of imide groups is 1. The van der Waals surface area contributed by atoms with Crippen LogP contribution < -0.4 is 4.90 Å². The molecular weight excluding hydrogens is 358 g/mol. The summed E-state index contributed by atoms with van der Waals surface area (Å²) < 4.78 is 5.45. The molecule has 1 aliphatic rings. The highest BCUT2D eigenvalue weighted by atomic mass is 35.5. The Hall–Kier alpha value is -2.09. The van der Waals surface area contributed by atoms with Gasteiger partial charge in [-0.2, -0.15) is 5.10 Å². The average Bonchev–Trinajstić information content (AvgIpc) is 3.00. The summed E-state index contributed by atoms with van der Waals surface area (Å²) in [7, 11) is 3.22. The Morgan fingerprint density at radius 1 is 1.38 bits per heavy atom. The van der Waals surface area contributed by atoms with E-state index in [1.807, 2.05) is 0 Å². The topological polar surface area (TPSA) is 78.9 Å². The lowest BCUT2D eigenvalue weighted by Gasteiger charge is -2.34. The molecule has 0 unspecified atom stereocenters. The van der Waals surface area contributed by atoms with E-state index in [1.165, 1.54) is 4.90 Å². The fourth-order valence-electron chi connectivity index (χ4n) is 2.80. The van der Waals surface area contributed by atoms with Crippen molar-refractivity contribution < 1.29 is 14.3 Å². The minimum atomic E-state index is -0.667. The van der Waals surface area contributed by atoms with Gasteiger partial charge in [0, 0.05) is 44.7 Å². The van der Waals surface area contributed by atoms with E-state index in [4.69, 9.17) is 16.3 Å². The van der Waals surface area contributed by atoms with Crippen molar-refractivity contribution in [1.82, 2.24) is 20.0 Å². The molecule has 0 radical (unpaired) electrons. The number of urea groups is 1. The number of hydrogen-bond acceptors (Lipinski definition) is 6. The minimum Gasteiger partial charge on any atom is -0.449 e. The standard InChI is InChI=1S/C17H26ClN5O3/c1-17(2,3)23(15(24)21(4)5)16(25)26-11-12-6-7-22(10-12)13-8-14(18)20-19-9-13/h8-9,12H,6-7,10-11H2,1-5H3/t12-/m1/s1. The molecule has 1 aliphatic heterocycles. The number of anilines is 1. The number of rotatable bonds is 3. The van der Waals surface area contributed by atoms with Crippen LogP contribution in [0.1, 0.15) is 27.2 Å². The van der Waals surface area contributed by atoms with Crippen molar-refractivity contribution in [1.29, 1.82) is 0 Å². The van der Waals surface area contributed by atoms with Crippen LogP contribution in [0.3, 0.4) is 0 Å². The SMILES string of the molecule is CN(C)C(=O)N(C(=O)OC[C@@H]1CCN(c2cnnc(Cl)c2)C1)C(C)(C)C. The third-order valence-electron chi connectivity index (χ3n) is 4.13. The Labute approximate surface area is 159 Å². The molecule has 1 atom stereocenters. The van der Waals surface area contributed by atoms with Crippen LogP contribution in [-0.4, -0.2) is 71.5 Å². The Balaban J connectivity index is 1.93. The van der Waals surface area contributed by atoms with Gasteiger partial charge in [0.05, 0.1) is 18.5 Å². The smallest absolute Gasteiger partial charge is 0.418 e. The van der Waals surface area contributed by atoms with Gasteiger partial charge in [-0.05, 0) is 27.2 Å². The average molecular weight is 384 g/mol. The number of aromatic nitrogens is 2. The van der Waals surface area contributed by atoms with Gasteiger partial charge in [-0.3, -0.25) is 0 Å². The number of amides is 3. The lowest BCUT2D eigenvalue weighted by Crippen LogP contribution is -2.53. The molecule has 1 aromatic rings. The Morgan fingerprint density at radius 3 is 2.65 bits per heavy atom. The molecule has 0 N–H and O–H groups in total. The van der Waals surface area contributed by atoms with E-state index in [0.29, 0.717) is 5.15 Å². The molecular formula is C17H26ClN5O3. The lowest BCUT2D eigenvalue weighted by atomic mass is 10.1. The molecule has 3 amide bonds. The third kappa shape index (κ3) is 4.97. The summed E-state index contributed by atoms with van der Waals surface area (Å²) in [5.41, 5.74) is 0.234.